The predicted octanol–water partition coefficient (Wildman–Crippen LogP) is 1.68. The van der Waals surface area contributed by atoms with Gasteiger partial charge in [-0.3, -0.25) is 4.79 Å². The van der Waals surface area contributed by atoms with Gasteiger partial charge in [0.1, 0.15) is 0 Å². The number of nitrogens with one attached hydrogen (secondary N) is 1. The summed E-state index contributed by atoms with van der Waals surface area (Å²) in [5.41, 5.74) is 6.94. The lowest BCUT2D eigenvalue weighted by atomic mass is 9.85. The molecular formula is C13H18N2O. The highest BCUT2D eigenvalue weighted by atomic mass is 16.1. The predicted molar refractivity (Wildman–Crippen MR) is 64.0 cm³/mol. The van der Waals surface area contributed by atoms with E-state index in [1.807, 2.05) is 18.2 Å². The van der Waals surface area contributed by atoms with E-state index in [0.717, 1.165) is 24.6 Å². The number of benzene rings is 1. The first-order chi connectivity index (χ1) is 7.75. The Morgan fingerprint density at radius 1 is 1.44 bits per heavy atom. The second kappa shape index (κ2) is 5.12. The van der Waals surface area contributed by atoms with Crippen molar-refractivity contribution >= 4 is 5.91 Å². The fourth-order valence-electron chi connectivity index (χ4n) is 1.95. The van der Waals surface area contributed by atoms with Crippen molar-refractivity contribution in [3.63, 3.8) is 0 Å². The summed E-state index contributed by atoms with van der Waals surface area (Å²) in [6.45, 7) is 1.90. The molecule has 2 rings (SSSR count). The number of amides is 1. The third kappa shape index (κ3) is 2.83. The first kappa shape index (κ1) is 11.1. The molecule has 0 radical (unpaired) electrons. The maximum Gasteiger partial charge on any atom is 0.248 e. The molecule has 1 aliphatic carbocycles. The van der Waals surface area contributed by atoms with Crippen molar-refractivity contribution in [2.45, 2.75) is 25.8 Å². The maximum absolute atomic E-state index is 11.0. The standard InChI is InChI=1S/C13H18N2O/c14-13(16)12-6-2-5-11(7-12)9-15-8-10-3-1-4-10/h2,5-7,10,15H,1,3-4,8-9H2,(H2,14,16). The number of carbonyl (C=O) groups excluding carboxylic acids is 1. The van der Waals surface area contributed by atoms with Crippen molar-refractivity contribution in [1.29, 1.82) is 0 Å². The van der Waals surface area contributed by atoms with Crippen LogP contribution in [-0.2, 0) is 6.54 Å². The van der Waals surface area contributed by atoms with E-state index in [1.54, 1.807) is 6.07 Å². The summed E-state index contributed by atoms with van der Waals surface area (Å²) in [5, 5.41) is 3.42. The minimum Gasteiger partial charge on any atom is -0.366 e. The van der Waals surface area contributed by atoms with Gasteiger partial charge >= 0.3 is 0 Å². The first-order valence-electron chi connectivity index (χ1n) is 5.85. The van der Waals surface area contributed by atoms with E-state index in [0.29, 0.717) is 5.56 Å². The summed E-state index contributed by atoms with van der Waals surface area (Å²) in [6.07, 6.45) is 4.09. The quantitative estimate of drug-likeness (QED) is 0.790. The molecule has 1 fully saturated rings. The lowest BCUT2D eigenvalue weighted by Crippen LogP contribution is -2.27. The molecule has 86 valence electrons. The molecule has 0 unspecified atom stereocenters. The molecule has 0 saturated heterocycles. The van der Waals surface area contributed by atoms with Crippen molar-refractivity contribution in [2.75, 3.05) is 6.54 Å². The Morgan fingerprint density at radius 3 is 2.88 bits per heavy atom. The molecular weight excluding hydrogens is 200 g/mol. The number of hydrogen-bond acceptors (Lipinski definition) is 2. The molecule has 0 atom stereocenters. The van der Waals surface area contributed by atoms with Crippen molar-refractivity contribution in [3.8, 4) is 0 Å². The molecule has 3 heteroatoms. The number of nitrogens with two attached hydrogens (primary N) is 1. The normalized spacial score (nSPS) is 15.8. The van der Waals surface area contributed by atoms with E-state index >= 15 is 0 Å². The average Bonchev–Trinajstić information content (AvgIpc) is 2.22. The fraction of sp³-hybridized carbons (Fsp3) is 0.462. The summed E-state index contributed by atoms with van der Waals surface area (Å²) in [4.78, 5) is 11.0. The van der Waals surface area contributed by atoms with Crippen molar-refractivity contribution in [3.05, 3.63) is 35.4 Å². The number of rotatable bonds is 5. The van der Waals surface area contributed by atoms with Gasteiger partial charge in [-0.15, -0.1) is 0 Å². The zero-order valence-corrected chi connectivity index (χ0v) is 9.41. The fourth-order valence-corrected chi connectivity index (χ4v) is 1.95. The highest BCUT2D eigenvalue weighted by molar-refractivity contribution is 5.92. The minimum atomic E-state index is -0.360. The SMILES string of the molecule is NC(=O)c1cccc(CNCC2CCC2)c1. The number of hydrogen-bond donors (Lipinski definition) is 2. The van der Waals surface area contributed by atoms with Crippen LogP contribution in [0.5, 0.6) is 0 Å². The van der Waals surface area contributed by atoms with Crippen molar-refractivity contribution in [1.82, 2.24) is 5.32 Å². The first-order valence-corrected chi connectivity index (χ1v) is 5.85. The van der Waals surface area contributed by atoms with Gasteiger partial charge in [0.25, 0.3) is 0 Å². The molecule has 0 aromatic heterocycles. The Bertz CT molecular complexity index is 372. The molecule has 1 aromatic carbocycles. The van der Waals surface area contributed by atoms with Gasteiger partial charge in [-0.2, -0.15) is 0 Å². The van der Waals surface area contributed by atoms with Crippen LogP contribution in [-0.4, -0.2) is 12.5 Å². The van der Waals surface area contributed by atoms with Crippen LogP contribution in [0.25, 0.3) is 0 Å². The van der Waals surface area contributed by atoms with E-state index in [-0.39, 0.29) is 5.91 Å². The molecule has 3 nitrogen and oxygen atoms in total. The Labute approximate surface area is 96.0 Å². The number of carbonyl (C=O) groups is 1. The highest BCUT2D eigenvalue weighted by Crippen LogP contribution is 2.25. The van der Waals surface area contributed by atoms with E-state index in [4.69, 9.17) is 5.73 Å². The van der Waals surface area contributed by atoms with Crippen LogP contribution in [0.2, 0.25) is 0 Å². The van der Waals surface area contributed by atoms with Gasteiger partial charge in [0.05, 0.1) is 0 Å². The summed E-state index contributed by atoms with van der Waals surface area (Å²) in [5.74, 6) is 0.500. The van der Waals surface area contributed by atoms with Crippen LogP contribution >= 0.6 is 0 Å². The Kier molecular flexibility index (Phi) is 3.57. The van der Waals surface area contributed by atoms with Crippen LogP contribution in [0.3, 0.4) is 0 Å². The zero-order valence-electron chi connectivity index (χ0n) is 9.41. The van der Waals surface area contributed by atoms with Crippen LogP contribution in [0.1, 0.15) is 35.2 Å². The Balaban J connectivity index is 1.83. The molecule has 0 aliphatic heterocycles. The summed E-state index contributed by atoms with van der Waals surface area (Å²) >= 11 is 0. The van der Waals surface area contributed by atoms with Crippen LogP contribution in [0, 0.1) is 5.92 Å². The third-order valence-electron chi connectivity index (χ3n) is 3.20. The maximum atomic E-state index is 11.0. The van der Waals surface area contributed by atoms with Crippen molar-refractivity contribution < 1.29 is 4.79 Å². The second-order valence-electron chi connectivity index (χ2n) is 4.49. The summed E-state index contributed by atoms with van der Waals surface area (Å²) in [6, 6.07) is 7.49. The van der Waals surface area contributed by atoms with Crippen LogP contribution in [0.15, 0.2) is 24.3 Å². The third-order valence-corrected chi connectivity index (χ3v) is 3.20. The molecule has 1 aliphatic rings. The molecule has 3 N–H and O–H groups in total. The van der Waals surface area contributed by atoms with Crippen LogP contribution < -0.4 is 11.1 Å². The van der Waals surface area contributed by atoms with E-state index in [2.05, 4.69) is 5.32 Å². The van der Waals surface area contributed by atoms with Gasteiger partial charge in [0.15, 0.2) is 0 Å². The lowest BCUT2D eigenvalue weighted by molar-refractivity contribution is 0.1000. The van der Waals surface area contributed by atoms with E-state index in [1.165, 1.54) is 19.3 Å². The molecule has 0 bridgehead atoms. The minimum absolute atomic E-state index is 0.360. The van der Waals surface area contributed by atoms with E-state index in [9.17, 15) is 4.79 Å². The van der Waals surface area contributed by atoms with Gasteiger partial charge < -0.3 is 11.1 Å². The smallest absolute Gasteiger partial charge is 0.248 e. The van der Waals surface area contributed by atoms with Gasteiger partial charge in [-0.1, -0.05) is 18.6 Å². The van der Waals surface area contributed by atoms with Crippen LogP contribution in [0.4, 0.5) is 0 Å². The van der Waals surface area contributed by atoms with Gasteiger partial charge in [-0.25, -0.2) is 0 Å². The topological polar surface area (TPSA) is 55.1 Å². The summed E-state index contributed by atoms with van der Waals surface area (Å²) < 4.78 is 0. The highest BCUT2D eigenvalue weighted by Gasteiger charge is 2.16. The van der Waals surface area contributed by atoms with Gasteiger partial charge in [-0.05, 0) is 43.0 Å². The Hall–Kier alpha value is -1.35. The molecule has 0 heterocycles. The second-order valence-corrected chi connectivity index (χ2v) is 4.49. The number of primary amides is 1. The lowest BCUT2D eigenvalue weighted by Gasteiger charge is -2.25. The van der Waals surface area contributed by atoms with E-state index < -0.39 is 0 Å². The van der Waals surface area contributed by atoms with Gasteiger partial charge in [0.2, 0.25) is 5.91 Å². The molecule has 16 heavy (non-hydrogen) atoms. The zero-order chi connectivity index (χ0) is 11.4. The van der Waals surface area contributed by atoms with Gasteiger partial charge in [0, 0.05) is 12.1 Å². The average molecular weight is 218 g/mol. The molecule has 1 saturated carbocycles. The molecule has 0 spiro atoms. The monoisotopic (exact) mass is 218 g/mol. The summed E-state index contributed by atoms with van der Waals surface area (Å²) in [7, 11) is 0. The Morgan fingerprint density at radius 2 is 2.25 bits per heavy atom. The largest absolute Gasteiger partial charge is 0.366 e. The molecule has 1 aromatic rings. The van der Waals surface area contributed by atoms with Crippen molar-refractivity contribution in [2.24, 2.45) is 11.7 Å². The molecule has 1 amide bonds.